The van der Waals surface area contributed by atoms with Crippen molar-refractivity contribution in [1.29, 1.82) is 0 Å². The van der Waals surface area contributed by atoms with Crippen molar-refractivity contribution in [2.24, 2.45) is 0 Å². The molecule has 0 bridgehead atoms. The van der Waals surface area contributed by atoms with E-state index in [0.717, 1.165) is 11.1 Å². The summed E-state index contributed by atoms with van der Waals surface area (Å²) in [6.45, 7) is 7.62. The molecular formula is C14H20FN3O3. The Bertz CT molecular complexity index is 525. The van der Waals surface area contributed by atoms with Crippen LogP contribution in [0.1, 0.15) is 20.8 Å². The minimum absolute atomic E-state index is 0.0199. The van der Waals surface area contributed by atoms with Gasteiger partial charge < -0.3 is 14.7 Å². The van der Waals surface area contributed by atoms with E-state index in [4.69, 9.17) is 4.74 Å². The fourth-order valence-corrected chi connectivity index (χ4v) is 2.31. The van der Waals surface area contributed by atoms with Crippen molar-refractivity contribution in [3.05, 3.63) is 18.1 Å². The maximum absolute atomic E-state index is 14.1. The van der Waals surface area contributed by atoms with Gasteiger partial charge in [-0.15, -0.1) is 0 Å². The number of ether oxygens (including phenoxy) is 1. The van der Waals surface area contributed by atoms with Crippen LogP contribution in [0.15, 0.2) is 12.3 Å². The third-order valence-electron chi connectivity index (χ3n) is 3.26. The Labute approximate surface area is 123 Å². The van der Waals surface area contributed by atoms with Crippen LogP contribution in [0.3, 0.4) is 0 Å². The third kappa shape index (κ3) is 3.41. The molecule has 0 atom stereocenters. The molecule has 0 aromatic carbocycles. The Hall–Kier alpha value is -1.89. The summed E-state index contributed by atoms with van der Waals surface area (Å²) in [4.78, 5) is 18.5. The quantitative estimate of drug-likeness (QED) is 0.907. The molecule has 6 nitrogen and oxygen atoms in total. The van der Waals surface area contributed by atoms with Crippen molar-refractivity contribution >= 4 is 17.6 Å². The zero-order chi connectivity index (χ0) is 15.6. The number of carbonyl (C=O) groups is 1. The van der Waals surface area contributed by atoms with Gasteiger partial charge in [0.05, 0.1) is 25.1 Å². The number of hydrogen-bond acceptors (Lipinski definition) is 4. The summed E-state index contributed by atoms with van der Waals surface area (Å²) in [6.07, 6.45) is -0.123. The molecule has 1 aromatic rings. The molecule has 2 rings (SSSR count). The van der Waals surface area contributed by atoms with Crippen molar-refractivity contribution in [2.75, 3.05) is 36.1 Å². The second-order valence-corrected chi connectivity index (χ2v) is 5.88. The van der Waals surface area contributed by atoms with Crippen molar-refractivity contribution in [3.8, 4) is 0 Å². The van der Waals surface area contributed by atoms with Crippen molar-refractivity contribution in [1.82, 2.24) is 4.98 Å². The first kappa shape index (κ1) is 15.5. The summed E-state index contributed by atoms with van der Waals surface area (Å²) < 4.78 is 19.3. The van der Waals surface area contributed by atoms with Crippen LogP contribution in [0.25, 0.3) is 0 Å². The Kier molecular flexibility index (Phi) is 4.32. The number of rotatable bonds is 2. The number of hydrogen-bond donors (Lipinski definition) is 1. The summed E-state index contributed by atoms with van der Waals surface area (Å²) in [6, 6.07) is 1.49. The van der Waals surface area contributed by atoms with Crippen molar-refractivity contribution in [2.45, 2.75) is 26.3 Å². The van der Waals surface area contributed by atoms with Gasteiger partial charge in [0.25, 0.3) is 0 Å². The average molecular weight is 297 g/mol. The molecule has 1 aliphatic rings. The van der Waals surface area contributed by atoms with E-state index in [-0.39, 0.29) is 5.69 Å². The van der Waals surface area contributed by atoms with Gasteiger partial charge in [-0.25, -0.2) is 14.2 Å². The highest BCUT2D eigenvalue weighted by Gasteiger charge is 2.31. The molecule has 1 N–H and O–H groups in total. The minimum Gasteiger partial charge on any atom is -0.465 e. The molecule has 0 aliphatic carbocycles. The number of pyridine rings is 1. The monoisotopic (exact) mass is 297 g/mol. The van der Waals surface area contributed by atoms with E-state index < -0.39 is 17.4 Å². The first-order valence-electron chi connectivity index (χ1n) is 6.82. The van der Waals surface area contributed by atoms with Gasteiger partial charge in [-0.1, -0.05) is 0 Å². The fraction of sp³-hybridized carbons (Fsp3) is 0.571. The zero-order valence-electron chi connectivity index (χ0n) is 12.5. The van der Waals surface area contributed by atoms with Gasteiger partial charge in [0.2, 0.25) is 0 Å². The Morgan fingerprint density at radius 3 is 2.57 bits per heavy atom. The molecule has 0 saturated carbocycles. The van der Waals surface area contributed by atoms with Crippen LogP contribution in [0.5, 0.6) is 0 Å². The summed E-state index contributed by atoms with van der Waals surface area (Å²) in [5, 5.41) is 9.39. The predicted molar refractivity (Wildman–Crippen MR) is 77.5 cm³/mol. The van der Waals surface area contributed by atoms with Crippen LogP contribution in [0.2, 0.25) is 0 Å². The molecule has 116 valence electrons. The van der Waals surface area contributed by atoms with Crippen LogP contribution in [-0.4, -0.2) is 48.0 Å². The lowest BCUT2D eigenvalue weighted by Gasteiger charge is -2.34. The van der Waals surface area contributed by atoms with E-state index >= 15 is 0 Å². The normalized spacial score (nSPS) is 15.9. The van der Waals surface area contributed by atoms with Crippen LogP contribution in [0.4, 0.5) is 20.7 Å². The molecule has 7 heteroatoms. The topological polar surface area (TPSA) is 65.9 Å². The minimum atomic E-state index is -1.19. The van der Waals surface area contributed by atoms with Gasteiger partial charge in [0, 0.05) is 24.7 Å². The molecule has 1 aromatic heterocycles. The molecule has 0 spiro atoms. The van der Waals surface area contributed by atoms with Crippen LogP contribution in [-0.2, 0) is 4.74 Å². The average Bonchev–Trinajstić information content (AvgIpc) is 2.40. The second-order valence-electron chi connectivity index (χ2n) is 5.88. The van der Waals surface area contributed by atoms with E-state index in [1.54, 1.807) is 20.8 Å². The smallest absolute Gasteiger partial charge is 0.412 e. The number of halogens is 1. The SMILES string of the molecule is CC(C)(C)N(C(=O)O)c1cc(N2CCOCC2)ncc1F. The summed E-state index contributed by atoms with van der Waals surface area (Å²) >= 11 is 0. The first-order valence-corrected chi connectivity index (χ1v) is 6.82. The predicted octanol–water partition coefficient (Wildman–Crippen LogP) is 2.34. The lowest BCUT2D eigenvalue weighted by Crippen LogP contribution is -2.46. The van der Waals surface area contributed by atoms with Gasteiger partial charge in [0.15, 0.2) is 5.82 Å². The van der Waals surface area contributed by atoms with Gasteiger partial charge in [0.1, 0.15) is 5.82 Å². The molecular weight excluding hydrogens is 277 g/mol. The summed E-state index contributed by atoms with van der Waals surface area (Å²) in [7, 11) is 0. The van der Waals surface area contributed by atoms with E-state index in [1.807, 2.05) is 4.90 Å². The van der Waals surface area contributed by atoms with Gasteiger partial charge >= 0.3 is 6.09 Å². The second kappa shape index (κ2) is 5.85. The summed E-state index contributed by atoms with van der Waals surface area (Å²) in [5.74, 6) is -0.0884. The zero-order valence-corrected chi connectivity index (χ0v) is 12.5. The molecule has 0 unspecified atom stereocenters. The summed E-state index contributed by atoms with van der Waals surface area (Å²) in [5.41, 5.74) is -0.734. The van der Waals surface area contributed by atoms with Gasteiger partial charge in [-0.05, 0) is 20.8 Å². The third-order valence-corrected chi connectivity index (χ3v) is 3.26. The maximum atomic E-state index is 14.1. The Morgan fingerprint density at radius 2 is 2.05 bits per heavy atom. The van der Waals surface area contributed by atoms with Crippen LogP contribution >= 0.6 is 0 Å². The molecule has 1 aliphatic heterocycles. The highest BCUT2D eigenvalue weighted by atomic mass is 19.1. The largest absolute Gasteiger partial charge is 0.465 e. The number of anilines is 2. The molecule has 1 amide bonds. The van der Waals surface area contributed by atoms with Crippen molar-refractivity contribution in [3.63, 3.8) is 0 Å². The van der Waals surface area contributed by atoms with Crippen molar-refractivity contribution < 1.29 is 19.0 Å². The van der Waals surface area contributed by atoms with Crippen LogP contribution in [0, 0.1) is 5.82 Å². The maximum Gasteiger partial charge on any atom is 0.412 e. The molecule has 1 saturated heterocycles. The molecule has 2 heterocycles. The standard InChI is InChI=1S/C14H20FN3O3/c1-14(2,3)18(13(19)20)11-8-12(16-9-10(11)15)17-4-6-21-7-5-17/h8-9H,4-7H2,1-3H3,(H,19,20). The first-order chi connectivity index (χ1) is 9.80. The fourth-order valence-electron chi connectivity index (χ4n) is 2.31. The lowest BCUT2D eigenvalue weighted by molar-refractivity contribution is 0.122. The van der Waals surface area contributed by atoms with E-state index in [9.17, 15) is 14.3 Å². The Morgan fingerprint density at radius 1 is 1.43 bits per heavy atom. The van der Waals surface area contributed by atoms with E-state index in [0.29, 0.717) is 32.1 Å². The number of aromatic nitrogens is 1. The van der Waals surface area contributed by atoms with Crippen LogP contribution < -0.4 is 9.80 Å². The van der Waals surface area contributed by atoms with Gasteiger partial charge in [-0.2, -0.15) is 0 Å². The highest BCUT2D eigenvalue weighted by molar-refractivity contribution is 5.88. The lowest BCUT2D eigenvalue weighted by atomic mass is 10.1. The molecule has 21 heavy (non-hydrogen) atoms. The number of morpholine rings is 1. The van der Waals surface area contributed by atoms with E-state index in [1.165, 1.54) is 6.07 Å². The molecule has 0 radical (unpaired) electrons. The van der Waals surface area contributed by atoms with E-state index in [2.05, 4.69) is 4.98 Å². The number of carboxylic acid groups (broad SMARTS) is 1. The Balaban J connectivity index is 2.40. The number of nitrogens with zero attached hydrogens (tertiary/aromatic N) is 3. The number of amides is 1. The highest BCUT2D eigenvalue weighted by Crippen LogP contribution is 2.29. The molecule has 1 fully saturated rings. The van der Waals surface area contributed by atoms with Gasteiger partial charge in [-0.3, -0.25) is 4.90 Å².